The van der Waals surface area contributed by atoms with Crippen molar-refractivity contribution in [2.75, 3.05) is 11.9 Å². The first-order valence-electron chi connectivity index (χ1n) is 11.1. The number of imide groups is 1. The maximum atomic E-state index is 13.3. The van der Waals surface area contributed by atoms with Crippen molar-refractivity contribution < 1.29 is 29.0 Å². The predicted octanol–water partition coefficient (Wildman–Crippen LogP) is 2.27. The zero-order valence-electron chi connectivity index (χ0n) is 18.4. The van der Waals surface area contributed by atoms with Crippen LogP contribution in [0.3, 0.4) is 0 Å². The minimum Gasteiger partial charge on any atom is -0.481 e. The summed E-state index contributed by atoms with van der Waals surface area (Å²) < 4.78 is 6.20. The van der Waals surface area contributed by atoms with E-state index in [1.54, 1.807) is 48.6 Å². The Labute approximate surface area is 195 Å². The summed E-state index contributed by atoms with van der Waals surface area (Å²) in [6.07, 6.45) is 3.11. The number of aryl methyl sites for hydroxylation is 1. The molecule has 5 rings (SSSR count). The number of carboxylic acids is 1. The number of rotatable bonds is 7. The lowest BCUT2D eigenvalue weighted by Gasteiger charge is -2.29. The highest BCUT2D eigenvalue weighted by molar-refractivity contribution is 6.07. The Bertz CT molecular complexity index is 1240. The minimum absolute atomic E-state index is 0.0612. The predicted molar refractivity (Wildman–Crippen MR) is 120 cm³/mol. The Kier molecular flexibility index (Phi) is 5.28. The summed E-state index contributed by atoms with van der Waals surface area (Å²) in [5.74, 6) is -3.01. The number of hydrogen-bond acceptors (Lipinski definition) is 6. The number of carboxylic acid groups (broad SMARTS) is 1. The third kappa shape index (κ3) is 3.49. The molecule has 34 heavy (non-hydrogen) atoms. The molecule has 9 nitrogen and oxygen atoms in total. The molecule has 0 radical (unpaired) electrons. The zero-order valence-corrected chi connectivity index (χ0v) is 18.4. The van der Waals surface area contributed by atoms with Gasteiger partial charge in [0.1, 0.15) is 11.4 Å². The van der Waals surface area contributed by atoms with Gasteiger partial charge in [0.05, 0.1) is 17.9 Å². The van der Waals surface area contributed by atoms with Crippen LogP contribution in [0.4, 0.5) is 5.82 Å². The molecule has 4 atom stereocenters. The number of ether oxygens (including phenoxy) is 1. The number of carbonyl (C=O) groups is 4. The summed E-state index contributed by atoms with van der Waals surface area (Å²) in [6, 6.07) is 12.2. The van der Waals surface area contributed by atoms with Crippen LogP contribution in [0, 0.1) is 18.8 Å². The van der Waals surface area contributed by atoms with E-state index in [0.717, 1.165) is 10.6 Å². The second-order valence-corrected chi connectivity index (χ2v) is 8.76. The van der Waals surface area contributed by atoms with Crippen LogP contribution in [0.1, 0.15) is 34.5 Å². The van der Waals surface area contributed by atoms with E-state index in [1.807, 2.05) is 13.0 Å². The van der Waals surface area contributed by atoms with Crippen molar-refractivity contribution in [3.8, 4) is 0 Å². The van der Waals surface area contributed by atoms with Gasteiger partial charge in [0.2, 0.25) is 11.8 Å². The normalized spacial score (nSPS) is 26.7. The van der Waals surface area contributed by atoms with Crippen LogP contribution >= 0.6 is 0 Å². The van der Waals surface area contributed by atoms with Gasteiger partial charge < -0.3 is 15.2 Å². The Morgan fingerprint density at radius 3 is 2.74 bits per heavy atom. The largest absolute Gasteiger partial charge is 0.481 e. The molecule has 1 aromatic carbocycles. The molecule has 0 saturated carbocycles. The summed E-state index contributed by atoms with van der Waals surface area (Å²) in [5.41, 5.74) is 0.600. The number of benzene rings is 1. The van der Waals surface area contributed by atoms with Crippen LogP contribution in [0.15, 0.2) is 54.6 Å². The van der Waals surface area contributed by atoms with E-state index in [0.29, 0.717) is 16.9 Å². The third-order valence-electron chi connectivity index (χ3n) is 6.60. The van der Waals surface area contributed by atoms with Crippen molar-refractivity contribution in [2.45, 2.75) is 31.5 Å². The van der Waals surface area contributed by atoms with Crippen LogP contribution < -0.4 is 5.32 Å². The molecule has 2 aromatic rings. The van der Waals surface area contributed by atoms with E-state index < -0.39 is 29.5 Å². The van der Waals surface area contributed by atoms with Crippen molar-refractivity contribution in [1.29, 1.82) is 0 Å². The second kappa shape index (κ2) is 8.18. The highest BCUT2D eigenvalue weighted by atomic mass is 16.5. The highest BCUT2D eigenvalue weighted by Gasteiger charge is 2.68. The number of carbonyl (C=O) groups excluding carboxylic acids is 3. The molecule has 2 saturated heterocycles. The number of nitrogens with one attached hydrogen (secondary N) is 1. The van der Waals surface area contributed by atoms with Gasteiger partial charge in [0.25, 0.3) is 5.91 Å². The molecule has 2 bridgehead atoms. The summed E-state index contributed by atoms with van der Waals surface area (Å²) in [4.78, 5) is 55.5. The topological polar surface area (TPSA) is 126 Å². The fourth-order valence-electron chi connectivity index (χ4n) is 5.10. The van der Waals surface area contributed by atoms with E-state index in [-0.39, 0.29) is 37.1 Å². The van der Waals surface area contributed by atoms with E-state index in [4.69, 9.17) is 9.84 Å². The van der Waals surface area contributed by atoms with Crippen molar-refractivity contribution in [3.05, 3.63) is 71.4 Å². The molecule has 2 fully saturated rings. The number of aromatic nitrogens is 1. The average molecular weight is 461 g/mol. The first kappa shape index (κ1) is 22.0. The fraction of sp³-hybridized carbons (Fsp3) is 0.320. The summed E-state index contributed by atoms with van der Waals surface area (Å²) in [5, 5.41) is 11.7. The fourth-order valence-corrected chi connectivity index (χ4v) is 5.10. The van der Waals surface area contributed by atoms with Crippen molar-refractivity contribution in [1.82, 2.24) is 9.88 Å². The lowest BCUT2D eigenvalue weighted by molar-refractivity contribution is -0.145. The first-order valence-corrected chi connectivity index (χ1v) is 11.1. The lowest BCUT2D eigenvalue weighted by Crippen LogP contribution is -2.39. The van der Waals surface area contributed by atoms with E-state index in [9.17, 15) is 19.2 Å². The van der Waals surface area contributed by atoms with Crippen molar-refractivity contribution in [3.63, 3.8) is 0 Å². The number of aliphatic carboxylic acids is 1. The van der Waals surface area contributed by atoms with Crippen LogP contribution in [0.5, 0.6) is 0 Å². The van der Waals surface area contributed by atoms with E-state index >= 15 is 0 Å². The van der Waals surface area contributed by atoms with Crippen LogP contribution in [-0.2, 0) is 24.7 Å². The molecule has 3 amide bonds. The number of nitrogens with zero attached hydrogens (tertiary/aromatic N) is 2. The molecule has 0 spiro atoms. The molecular weight excluding hydrogens is 438 g/mol. The van der Waals surface area contributed by atoms with Crippen LogP contribution in [-0.4, -0.2) is 51.3 Å². The molecule has 174 valence electrons. The number of likely N-dealkylation sites (tertiary alicyclic amines) is 1. The molecule has 0 aliphatic carbocycles. The number of amides is 3. The van der Waals surface area contributed by atoms with E-state index in [2.05, 4.69) is 10.3 Å². The highest BCUT2D eigenvalue weighted by Crippen LogP contribution is 2.56. The van der Waals surface area contributed by atoms with Gasteiger partial charge in [-0.2, -0.15) is 0 Å². The Balaban J connectivity index is 1.41. The van der Waals surface area contributed by atoms with Gasteiger partial charge >= 0.3 is 5.97 Å². The number of fused-ring (bicyclic) bond motifs is 5. The molecule has 2 N–H and O–H groups in total. The average Bonchev–Trinajstić information content (AvgIpc) is 3.46. The molecule has 3 aliphatic heterocycles. The maximum absolute atomic E-state index is 13.3. The second-order valence-electron chi connectivity index (χ2n) is 8.76. The molecule has 4 heterocycles. The maximum Gasteiger partial charge on any atom is 0.303 e. The number of hydrogen-bond donors (Lipinski definition) is 2. The van der Waals surface area contributed by atoms with Gasteiger partial charge in [-0.3, -0.25) is 24.1 Å². The van der Waals surface area contributed by atoms with Gasteiger partial charge in [-0.05, 0) is 49.2 Å². The number of anilines is 1. The quantitative estimate of drug-likeness (QED) is 0.478. The summed E-state index contributed by atoms with van der Waals surface area (Å²) >= 11 is 0. The Hall–Kier alpha value is -3.85. The number of pyridine rings is 1. The standard InChI is InChI=1S/C25H23N3O6/c1-14-5-2-8-18(26-14)27-22(31)15-6-3-7-16(13-15)25-11-10-17(34-25)20-21(25)24(33)28(23(20)32)12-4-9-19(29)30/h2-3,5-8,10-11,13,17,20-21H,4,9,12H2,1H3,(H,29,30)(H,26,27,31)/t17-,20-,21+,25-/m1/s1. The smallest absolute Gasteiger partial charge is 0.303 e. The molecule has 1 aromatic heterocycles. The molecule has 3 aliphatic rings. The third-order valence-corrected chi connectivity index (χ3v) is 6.60. The molecule has 9 heteroatoms. The minimum atomic E-state index is -1.15. The van der Waals surface area contributed by atoms with Gasteiger partial charge in [0, 0.05) is 24.2 Å². The molecule has 0 unspecified atom stereocenters. The summed E-state index contributed by atoms with van der Waals surface area (Å²) in [6.45, 7) is 1.89. The van der Waals surface area contributed by atoms with Crippen LogP contribution in [0.2, 0.25) is 0 Å². The molecular formula is C25H23N3O6. The summed E-state index contributed by atoms with van der Waals surface area (Å²) in [7, 11) is 0. The van der Waals surface area contributed by atoms with Crippen molar-refractivity contribution in [2.24, 2.45) is 11.8 Å². The van der Waals surface area contributed by atoms with Crippen molar-refractivity contribution >= 4 is 29.5 Å². The lowest BCUT2D eigenvalue weighted by atomic mass is 9.73. The Morgan fingerprint density at radius 1 is 1.18 bits per heavy atom. The Morgan fingerprint density at radius 2 is 1.97 bits per heavy atom. The zero-order chi connectivity index (χ0) is 24.0. The SMILES string of the molecule is Cc1cccc(NC(=O)c2cccc([C@@]34C=C[C@@H](O3)[C@H]3C(=O)N(CCCC(=O)O)C(=O)[C@H]34)c2)n1. The first-order chi connectivity index (χ1) is 16.3. The van der Waals surface area contributed by atoms with Gasteiger partial charge in [0.15, 0.2) is 0 Å². The van der Waals surface area contributed by atoms with Gasteiger partial charge in [-0.15, -0.1) is 0 Å². The van der Waals surface area contributed by atoms with Gasteiger partial charge in [-0.1, -0.05) is 24.3 Å². The van der Waals surface area contributed by atoms with Crippen LogP contribution in [0.25, 0.3) is 0 Å². The van der Waals surface area contributed by atoms with E-state index in [1.165, 1.54) is 0 Å². The van der Waals surface area contributed by atoms with Gasteiger partial charge in [-0.25, -0.2) is 4.98 Å². The monoisotopic (exact) mass is 461 g/mol.